The Morgan fingerprint density at radius 1 is 0.969 bits per heavy atom. The Bertz CT molecular complexity index is 877. The largest absolute Gasteiger partial charge is 0.493 e. The van der Waals surface area contributed by atoms with E-state index in [1.165, 1.54) is 5.56 Å². The lowest BCUT2D eigenvalue weighted by atomic mass is 10.0. The van der Waals surface area contributed by atoms with Crippen LogP contribution in [0, 0.1) is 0 Å². The number of carbonyl (C=O) groups excluding carboxylic acids is 2. The predicted octanol–water partition coefficient (Wildman–Crippen LogP) is 3.77. The zero-order valence-electron chi connectivity index (χ0n) is 19.1. The van der Waals surface area contributed by atoms with Gasteiger partial charge in [-0.2, -0.15) is 0 Å². The number of likely N-dealkylation sites (tertiary alicyclic amines) is 1. The van der Waals surface area contributed by atoms with Crippen LogP contribution in [0.3, 0.4) is 0 Å². The molecule has 6 heteroatoms. The maximum atomic E-state index is 12.7. The number of piperidine rings is 1. The first-order valence-corrected chi connectivity index (χ1v) is 11.5. The summed E-state index contributed by atoms with van der Waals surface area (Å²) in [6.45, 7) is 3.90. The van der Waals surface area contributed by atoms with Crippen LogP contribution in [0.15, 0.2) is 48.5 Å². The van der Waals surface area contributed by atoms with Crippen molar-refractivity contribution in [3.05, 3.63) is 59.7 Å². The molecule has 0 aromatic heterocycles. The van der Waals surface area contributed by atoms with E-state index < -0.39 is 0 Å². The number of nitrogens with zero attached hydrogens (tertiary/aromatic N) is 1. The number of aryl methyl sites for hydroxylation is 2. The normalized spacial score (nSPS) is 14.1. The van der Waals surface area contributed by atoms with Gasteiger partial charge in [0.1, 0.15) is 0 Å². The Labute approximate surface area is 190 Å². The van der Waals surface area contributed by atoms with Gasteiger partial charge < -0.3 is 19.7 Å². The Morgan fingerprint density at radius 3 is 2.38 bits per heavy atom. The average Bonchev–Trinajstić information content (AvgIpc) is 2.83. The molecule has 32 heavy (non-hydrogen) atoms. The lowest BCUT2D eigenvalue weighted by molar-refractivity contribution is -0.132. The second-order valence-electron chi connectivity index (χ2n) is 8.13. The Balaban J connectivity index is 1.38. The molecule has 1 saturated heterocycles. The van der Waals surface area contributed by atoms with Crippen molar-refractivity contribution in [2.45, 2.75) is 51.5 Å². The first kappa shape index (κ1) is 23.6. The van der Waals surface area contributed by atoms with E-state index in [0.717, 1.165) is 30.6 Å². The van der Waals surface area contributed by atoms with Crippen molar-refractivity contribution in [3.8, 4) is 11.5 Å². The molecule has 2 aromatic rings. The number of ether oxygens (including phenoxy) is 2. The molecule has 0 atom stereocenters. The van der Waals surface area contributed by atoms with Gasteiger partial charge in [-0.05, 0) is 55.9 Å². The van der Waals surface area contributed by atoms with Gasteiger partial charge in [-0.3, -0.25) is 9.59 Å². The van der Waals surface area contributed by atoms with E-state index in [0.29, 0.717) is 44.7 Å². The molecule has 172 valence electrons. The Morgan fingerprint density at radius 2 is 1.69 bits per heavy atom. The van der Waals surface area contributed by atoms with Crippen LogP contribution in [0.25, 0.3) is 0 Å². The van der Waals surface area contributed by atoms with Gasteiger partial charge >= 0.3 is 0 Å². The van der Waals surface area contributed by atoms with Crippen molar-refractivity contribution < 1.29 is 19.1 Å². The van der Waals surface area contributed by atoms with Crippen molar-refractivity contribution in [2.24, 2.45) is 0 Å². The molecule has 3 rings (SSSR count). The maximum Gasteiger partial charge on any atom is 0.222 e. The highest BCUT2D eigenvalue weighted by Gasteiger charge is 2.23. The molecule has 0 saturated carbocycles. The second-order valence-corrected chi connectivity index (χ2v) is 8.13. The number of benzene rings is 2. The van der Waals surface area contributed by atoms with E-state index in [1.807, 2.05) is 60.4 Å². The summed E-state index contributed by atoms with van der Waals surface area (Å²) in [5.74, 6) is 1.66. The Hall–Kier alpha value is -3.02. The number of methoxy groups -OCH3 is 1. The fourth-order valence-electron chi connectivity index (χ4n) is 4.03. The molecule has 0 bridgehead atoms. The van der Waals surface area contributed by atoms with Crippen LogP contribution in [-0.4, -0.2) is 49.6 Å². The van der Waals surface area contributed by atoms with Crippen LogP contribution in [0.5, 0.6) is 11.5 Å². The van der Waals surface area contributed by atoms with Gasteiger partial charge in [-0.25, -0.2) is 0 Å². The van der Waals surface area contributed by atoms with Gasteiger partial charge in [0.25, 0.3) is 0 Å². The minimum absolute atomic E-state index is 0.0862. The molecule has 1 heterocycles. The predicted molar refractivity (Wildman–Crippen MR) is 125 cm³/mol. The van der Waals surface area contributed by atoms with Crippen LogP contribution < -0.4 is 14.8 Å². The van der Waals surface area contributed by atoms with Gasteiger partial charge in [0.05, 0.1) is 13.7 Å². The van der Waals surface area contributed by atoms with Crippen molar-refractivity contribution in [3.63, 3.8) is 0 Å². The topological polar surface area (TPSA) is 67.9 Å². The number of nitrogens with one attached hydrogen (secondary N) is 1. The molecule has 0 aliphatic carbocycles. The van der Waals surface area contributed by atoms with Crippen molar-refractivity contribution in [1.82, 2.24) is 10.2 Å². The molecule has 6 nitrogen and oxygen atoms in total. The third-order valence-electron chi connectivity index (χ3n) is 5.85. The molecule has 2 amide bonds. The number of rotatable bonds is 10. The standard InChI is InChI=1S/C26H34N2O4/c1-3-32-23-12-9-21(19-24(23)31-2)11-14-26(30)28-17-15-22(16-18-28)27-25(29)13-10-20-7-5-4-6-8-20/h4-9,12,19,22H,3,10-11,13-18H2,1-2H3,(H,27,29). The zero-order valence-corrected chi connectivity index (χ0v) is 19.1. The number of amides is 2. The van der Waals surface area contributed by atoms with Gasteiger partial charge in [0.2, 0.25) is 11.8 Å². The third-order valence-corrected chi connectivity index (χ3v) is 5.85. The smallest absolute Gasteiger partial charge is 0.222 e. The second kappa shape index (κ2) is 12.1. The third kappa shape index (κ3) is 7.01. The minimum Gasteiger partial charge on any atom is -0.493 e. The molecule has 0 radical (unpaired) electrons. The molecular formula is C26H34N2O4. The maximum absolute atomic E-state index is 12.7. The average molecular weight is 439 g/mol. The molecular weight excluding hydrogens is 404 g/mol. The fraction of sp³-hybridized carbons (Fsp3) is 0.462. The fourth-order valence-corrected chi connectivity index (χ4v) is 4.03. The lowest BCUT2D eigenvalue weighted by Crippen LogP contribution is -2.46. The molecule has 0 spiro atoms. The molecule has 0 unspecified atom stereocenters. The summed E-state index contributed by atoms with van der Waals surface area (Å²) in [5, 5.41) is 3.13. The van der Waals surface area contributed by atoms with Crippen LogP contribution in [0.4, 0.5) is 0 Å². The molecule has 1 aliphatic rings. The summed E-state index contributed by atoms with van der Waals surface area (Å²) in [4.78, 5) is 26.8. The molecule has 1 fully saturated rings. The molecule has 1 aliphatic heterocycles. The van der Waals surface area contributed by atoms with Crippen LogP contribution in [-0.2, 0) is 22.4 Å². The van der Waals surface area contributed by atoms with E-state index in [4.69, 9.17) is 9.47 Å². The highest BCUT2D eigenvalue weighted by atomic mass is 16.5. The summed E-state index contributed by atoms with van der Waals surface area (Å²) < 4.78 is 10.9. The number of hydrogen-bond acceptors (Lipinski definition) is 4. The van der Waals surface area contributed by atoms with Crippen LogP contribution in [0.2, 0.25) is 0 Å². The summed E-state index contributed by atoms with van der Waals surface area (Å²) >= 11 is 0. The van der Waals surface area contributed by atoms with Crippen molar-refractivity contribution >= 4 is 11.8 Å². The quantitative estimate of drug-likeness (QED) is 0.613. The van der Waals surface area contributed by atoms with Gasteiger partial charge in [0.15, 0.2) is 11.5 Å². The van der Waals surface area contributed by atoms with E-state index in [-0.39, 0.29) is 17.9 Å². The van der Waals surface area contributed by atoms with Gasteiger partial charge in [-0.15, -0.1) is 0 Å². The first-order valence-electron chi connectivity index (χ1n) is 11.5. The summed E-state index contributed by atoms with van der Waals surface area (Å²) in [5.41, 5.74) is 2.23. The lowest BCUT2D eigenvalue weighted by Gasteiger charge is -2.32. The minimum atomic E-state index is 0.0862. The SMILES string of the molecule is CCOc1ccc(CCC(=O)N2CCC(NC(=O)CCc3ccccc3)CC2)cc1OC. The Kier molecular flexibility index (Phi) is 8.96. The van der Waals surface area contributed by atoms with Gasteiger partial charge in [-0.1, -0.05) is 36.4 Å². The summed E-state index contributed by atoms with van der Waals surface area (Å²) in [7, 11) is 1.62. The van der Waals surface area contributed by atoms with E-state index in [9.17, 15) is 9.59 Å². The molecule has 2 aromatic carbocycles. The van der Waals surface area contributed by atoms with E-state index in [2.05, 4.69) is 5.32 Å². The summed E-state index contributed by atoms with van der Waals surface area (Å²) in [6.07, 6.45) is 3.98. The number of carbonyl (C=O) groups is 2. The van der Waals surface area contributed by atoms with Gasteiger partial charge in [0, 0.05) is 32.0 Å². The summed E-state index contributed by atoms with van der Waals surface area (Å²) in [6, 6.07) is 16.0. The van der Waals surface area contributed by atoms with Crippen LogP contribution in [0.1, 0.15) is 43.7 Å². The highest BCUT2D eigenvalue weighted by molar-refractivity contribution is 5.77. The van der Waals surface area contributed by atoms with Crippen LogP contribution >= 0.6 is 0 Å². The van der Waals surface area contributed by atoms with Crippen molar-refractivity contribution in [1.29, 1.82) is 0 Å². The van der Waals surface area contributed by atoms with E-state index >= 15 is 0 Å². The first-order chi connectivity index (χ1) is 15.6. The monoisotopic (exact) mass is 438 g/mol. The van der Waals surface area contributed by atoms with E-state index in [1.54, 1.807) is 7.11 Å². The zero-order chi connectivity index (χ0) is 22.8. The molecule has 1 N–H and O–H groups in total. The highest BCUT2D eigenvalue weighted by Crippen LogP contribution is 2.28. The van der Waals surface area contributed by atoms with Crippen molar-refractivity contribution in [2.75, 3.05) is 26.8 Å². The number of hydrogen-bond donors (Lipinski definition) is 1.